The zero-order chi connectivity index (χ0) is 27.0. The fourth-order valence-electron chi connectivity index (χ4n) is 4.06. The number of benzene rings is 1. The number of amides is 1. The van der Waals surface area contributed by atoms with E-state index in [1.807, 2.05) is 4.90 Å². The number of nitrogens with zero attached hydrogens (tertiary/aromatic N) is 6. The molecule has 0 saturated carbocycles. The van der Waals surface area contributed by atoms with E-state index in [1.54, 1.807) is 17.9 Å². The second-order valence-corrected chi connectivity index (χ2v) is 9.15. The van der Waals surface area contributed by atoms with Crippen LogP contribution in [0.4, 0.5) is 10.2 Å². The van der Waals surface area contributed by atoms with E-state index in [0.717, 1.165) is 0 Å². The summed E-state index contributed by atoms with van der Waals surface area (Å²) >= 11 is 12.6. The molecule has 4 heterocycles. The van der Waals surface area contributed by atoms with E-state index in [0.29, 0.717) is 54.6 Å². The number of piperazine rings is 1. The van der Waals surface area contributed by atoms with Crippen LogP contribution in [0.25, 0.3) is 21.8 Å². The van der Waals surface area contributed by atoms with Crippen LogP contribution < -0.4 is 14.4 Å². The molecule has 0 spiro atoms. The Balaban J connectivity index is 1.64. The predicted octanol–water partition coefficient (Wildman–Crippen LogP) is 3.94. The number of H-pyrrole nitrogens is 1. The molecule has 4 aromatic rings. The molecule has 196 valence electrons. The molecule has 0 unspecified atom stereocenters. The number of hydrogen-bond acceptors (Lipinski definition) is 9. The van der Waals surface area contributed by atoms with Crippen LogP contribution in [0.15, 0.2) is 31.0 Å². The minimum Gasteiger partial charge on any atom is -0.453 e. The Bertz CT molecular complexity index is 1570. The largest absolute Gasteiger partial charge is 0.453 e. The number of carbonyl (C=O) groups is 2. The summed E-state index contributed by atoms with van der Waals surface area (Å²) in [6, 6.07) is 2.66. The van der Waals surface area contributed by atoms with Gasteiger partial charge in [0.2, 0.25) is 11.8 Å². The van der Waals surface area contributed by atoms with Crippen molar-refractivity contribution in [3.63, 3.8) is 0 Å². The number of ether oxygens (including phenoxy) is 2. The highest BCUT2D eigenvalue weighted by atomic mass is 35.5. The molecule has 1 atom stereocenters. The van der Waals surface area contributed by atoms with Crippen molar-refractivity contribution in [2.45, 2.75) is 13.0 Å². The molecule has 38 heavy (non-hydrogen) atoms. The smallest absolute Gasteiger partial charge is 0.319 e. The highest BCUT2D eigenvalue weighted by Gasteiger charge is 2.26. The van der Waals surface area contributed by atoms with Gasteiger partial charge in [-0.25, -0.2) is 4.39 Å². The number of aldehydes is 1. The second-order valence-electron chi connectivity index (χ2n) is 8.39. The maximum atomic E-state index is 14.5. The molecular formula is C24H20Cl2FN7O4. The van der Waals surface area contributed by atoms with Crippen LogP contribution in [0.1, 0.15) is 6.92 Å². The molecule has 14 heteroatoms. The summed E-state index contributed by atoms with van der Waals surface area (Å²) in [5.74, 6) is -0.582. The summed E-state index contributed by atoms with van der Waals surface area (Å²) in [6.45, 7) is 6.81. The summed E-state index contributed by atoms with van der Waals surface area (Å²) in [5, 5.41) is 7.25. The van der Waals surface area contributed by atoms with E-state index >= 15 is 0 Å². The maximum absolute atomic E-state index is 14.5. The monoisotopic (exact) mass is 559 g/mol. The number of aromatic nitrogens is 5. The van der Waals surface area contributed by atoms with Gasteiger partial charge in [-0.05, 0) is 19.1 Å². The van der Waals surface area contributed by atoms with Gasteiger partial charge in [0.05, 0.1) is 22.5 Å². The Morgan fingerprint density at radius 2 is 1.95 bits per heavy atom. The van der Waals surface area contributed by atoms with Crippen molar-refractivity contribution in [3.05, 3.63) is 47.0 Å². The van der Waals surface area contributed by atoms with Crippen LogP contribution in [0.5, 0.6) is 17.6 Å². The molecular weight excluding hydrogens is 540 g/mol. The highest BCUT2D eigenvalue weighted by Crippen LogP contribution is 2.41. The lowest BCUT2D eigenvalue weighted by atomic mass is 10.2. The van der Waals surface area contributed by atoms with Gasteiger partial charge in [-0.3, -0.25) is 14.7 Å². The van der Waals surface area contributed by atoms with Crippen molar-refractivity contribution in [1.29, 1.82) is 0 Å². The predicted molar refractivity (Wildman–Crippen MR) is 139 cm³/mol. The van der Waals surface area contributed by atoms with E-state index in [9.17, 15) is 14.0 Å². The Morgan fingerprint density at radius 1 is 1.18 bits per heavy atom. The summed E-state index contributed by atoms with van der Waals surface area (Å²) in [7, 11) is 0. The average molecular weight is 560 g/mol. The van der Waals surface area contributed by atoms with Crippen LogP contribution in [-0.4, -0.2) is 74.5 Å². The van der Waals surface area contributed by atoms with E-state index < -0.39 is 11.9 Å². The Labute approximate surface area is 225 Å². The highest BCUT2D eigenvalue weighted by molar-refractivity contribution is 6.33. The van der Waals surface area contributed by atoms with Gasteiger partial charge >= 0.3 is 6.01 Å². The molecule has 1 aliphatic heterocycles. The third kappa shape index (κ3) is 4.79. The van der Waals surface area contributed by atoms with Gasteiger partial charge in [-0.2, -0.15) is 20.1 Å². The number of nitrogens with one attached hydrogen (secondary N) is 1. The molecule has 0 aliphatic carbocycles. The Hall–Kier alpha value is -4.03. The van der Waals surface area contributed by atoms with Crippen molar-refractivity contribution in [3.8, 4) is 17.6 Å². The van der Waals surface area contributed by atoms with Crippen LogP contribution in [0.3, 0.4) is 0 Å². The quantitative estimate of drug-likeness (QED) is 0.203. The molecule has 3 aromatic heterocycles. The number of carbonyl (C=O) groups excluding carboxylic acids is 2. The normalized spacial score (nSPS) is 14.5. The van der Waals surface area contributed by atoms with E-state index in [4.69, 9.17) is 32.7 Å². The van der Waals surface area contributed by atoms with Gasteiger partial charge in [0, 0.05) is 32.2 Å². The van der Waals surface area contributed by atoms with E-state index in [1.165, 1.54) is 18.3 Å². The standard InChI is InChI=1S/C24H20Cl2FN7O4/c1-3-18(36)33-4-6-34(7-5-33)22-13-8-17(25)29-23(20(13)30-24(31-22)37-12(2)11-35)38-21-14-10-28-32-16(14)9-15(27)19(21)26/h3,8-12H,1,4-7H2,2H3,(H,28,32)/t12-/m1/s1. The van der Waals surface area contributed by atoms with Gasteiger partial charge in [0.25, 0.3) is 0 Å². The molecule has 1 aromatic carbocycles. The van der Waals surface area contributed by atoms with Gasteiger partial charge < -0.3 is 19.3 Å². The molecule has 1 amide bonds. The fourth-order valence-corrected chi connectivity index (χ4v) is 4.44. The summed E-state index contributed by atoms with van der Waals surface area (Å²) in [4.78, 5) is 40.1. The average Bonchev–Trinajstić information content (AvgIpc) is 3.38. The number of halogens is 3. The van der Waals surface area contributed by atoms with Crippen LogP contribution in [0, 0.1) is 5.82 Å². The topological polar surface area (TPSA) is 126 Å². The molecule has 1 N–H and O–H groups in total. The van der Waals surface area contributed by atoms with Crippen molar-refractivity contribution in [2.75, 3.05) is 31.1 Å². The molecule has 0 bridgehead atoms. The van der Waals surface area contributed by atoms with Gasteiger partial charge in [0.1, 0.15) is 27.3 Å². The first kappa shape index (κ1) is 25.6. The molecule has 1 saturated heterocycles. The first-order valence-corrected chi connectivity index (χ1v) is 12.2. The summed E-state index contributed by atoms with van der Waals surface area (Å²) in [5.41, 5.74) is 0.549. The summed E-state index contributed by atoms with van der Waals surface area (Å²) < 4.78 is 26.2. The lowest BCUT2D eigenvalue weighted by molar-refractivity contribution is -0.126. The first-order chi connectivity index (χ1) is 18.3. The van der Waals surface area contributed by atoms with Crippen LogP contribution in [0.2, 0.25) is 10.2 Å². The van der Waals surface area contributed by atoms with E-state index in [-0.39, 0.29) is 39.2 Å². The van der Waals surface area contributed by atoms with Crippen LogP contribution in [-0.2, 0) is 9.59 Å². The number of hydrogen-bond donors (Lipinski definition) is 1. The summed E-state index contributed by atoms with van der Waals surface area (Å²) in [6.07, 6.45) is 2.47. The lowest BCUT2D eigenvalue weighted by Gasteiger charge is -2.35. The molecule has 5 rings (SSSR count). The molecule has 11 nitrogen and oxygen atoms in total. The van der Waals surface area contributed by atoms with Crippen molar-refractivity contribution >= 4 is 63.0 Å². The zero-order valence-corrected chi connectivity index (χ0v) is 21.5. The number of anilines is 1. The number of aromatic amines is 1. The number of fused-ring (bicyclic) bond motifs is 2. The second kappa shape index (κ2) is 10.4. The lowest BCUT2D eigenvalue weighted by Crippen LogP contribution is -2.48. The SMILES string of the molecule is C=CC(=O)N1CCN(c2nc(O[C@H](C)C=O)nc3c(Oc4c(Cl)c(F)cc5[nH]ncc45)nc(Cl)cc23)CC1. The maximum Gasteiger partial charge on any atom is 0.319 e. The minimum absolute atomic E-state index is 0.0353. The van der Waals surface area contributed by atoms with Crippen molar-refractivity contribution in [2.24, 2.45) is 0 Å². The number of pyridine rings is 1. The molecule has 1 fully saturated rings. The molecule has 0 radical (unpaired) electrons. The van der Waals surface area contributed by atoms with Gasteiger partial charge in [0.15, 0.2) is 18.1 Å². The van der Waals surface area contributed by atoms with Crippen molar-refractivity contribution < 1.29 is 23.5 Å². The van der Waals surface area contributed by atoms with Gasteiger partial charge in [-0.15, -0.1) is 0 Å². The fraction of sp³-hybridized carbons (Fsp3) is 0.250. The minimum atomic E-state index is -0.838. The van der Waals surface area contributed by atoms with Gasteiger partial charge in [-0.1, -0.05) is 29.8 Å². The van der Waals surface area contributed by atoms with Crippen LogP contribution >= 0.6 is 23.2 Å². The molecule has 1 aliphatic rings. The third-order valence-corrected chi connectivity index (χ3v) is 6.47. The van der Waals surface area contributed by atoms with E-state index in [2.05, 4.69) is 31.7 Å². The number of rotatable bonds is 7. The Kier molecular flexibility index (Phi) is 7.00. The third-order valence-electron chi connectivity index (χ3n) is 5.92. The first-order valence-electron chi connectivity index (χ1n) is 11.4. The zero-order valence-electron chi connectivity index (χ0n) is 19.9. The Morgan fingerprint density at radius 3 is 2.66 bits per heavy atom. The van der Waals surface area contributed by atoms with Crippen molar-refractivity contribution in [1.82, 2.24) is 30.0 Å².